The van der Waals surface area contributed by atoms with Crippen LogP contribution in [-0.4, -0.2) is 37.2 Å². The van der Waals surface area contributed by atoms with Crippen LogP contribution in [0, 0.1) is 0 Å². The largest absolute Gasteiger partial charge is 0.416 e. The van der Waals surface area contributed by atoms with Crippen molar-refractivity contribution in [3.05, 3.63) is 65.4 Å². The van der Waals surface area contributed by atoms with Crippen LogP contribution in [0.4, 0.5) is 19.0 Å². The first-order chi connectivity index (χ1) is 15.5. The highest BCUT2D eigenvalue weighted by Gasteiger charge is 2.42. The fraction of sp³-hybridized carbons (Fsp3) is 0.304. The van der Waals surface area contributed by atoms with Gasteiger partial charge in [0.1, 0.15) is 22.5 Å². The molecule has 0 saturated carbocycles. The summed E-state index contributed by atoms with van der Waals surface area (Å²) in [4.78, 5) is 27.6. The van der Waals surface area contributed by atoms with E-state index in [1.54, 1.807) is 34.9 Å². The van der Waals surface area contributed by atoms with Crippen LogP contribution in [0.1, 0.15) is 53.5 Å². The molecule has 0 aliphatic heterocycles. The van der Waals surface area contributed by atoms with Gasteiger partial charge in [-0.3, -0.25) is 9.20 Å². The number of benzene rings is 1. The molecule has 7 nitrogen and oxygen atoms in total. The van der Waals surface area contributed by atoms with Crippen LogP contribution in [-0.2, 0) is 11.6 Å². The van der Waals surface area contributed by atoms with Crippen LogP contribution in [0.15, 0.2) is 43.0 Å². The van der Waals surface area contributed by atoms with Gasteiger partial charge in [0, 0.05) is 7.05 Å². The molecule has 0 fully saturated rings. The van der Waals surface area contributed by atoms with Crippen LogP contribution in [0.25, 0.3) is 16.6 Å². The number of nitrogen functional groups attached to an aromatic ring is 1. The molecule has 0 saturated heterocycles. The summed E-state index contributed by atoms with van der Waals surface area (Å²) in [7, 11) is 1.65. The molecular formula is C23H21F3N6O. The molecule has 2 N–H and O–H groups in total. The second kappa shape index (κ2) is 6.90. The zero-order valence-electron chi connectivity index (χ0n) is 18.2. The number of carbonyl (C=O) groups is 1. The second-order valence-electron chi connectivity index (χ2n) is 9.02. The van der Waals surface area contributed by atoms with Crippen LogP contribution in [0.3, 0.4) is 0 Å². The molecule has 1 aliphatic carbocycles. The van der Waals surface area contributed by atoms with Gasteiger partial charge >= 0.3 is 6.18 Å². The number of anilines is 1. The molecule has 170 valence electrons. The number of hydrogen-bond acceptors (Lipinski definition) is 5. The van der Waals surface area contributed by atoms with Crippen molar-refractivity contribution in [1.29, 1.82) is 0 Å². The van der Waals surface area contributed by atoms with E-state index >= 15 is 0 Å². The third-order valence-corrected chi connectivity index (χ3v) is 6.44. The van der Waals surface area contributed by atoms with Gasteiger partial charge in [-0.1, -0.05) is 19.9 Å². The number of nitrogens with two attached hydrogens (primary N) is 1. The Morgan fingerprint density at radius 1 is 1.21 bits per heavy atom. The molecule has 5 rings (SSSR count). The van der Waals surface area contributed by atoms with Crippen molar-refractivity contribution in [1.82, 2.24) is 24.3 Å². The van der Waals surface area contributed by atoms with Gasteiger partial charge in [-0.05, 0) is 41.2 Å². The lowest BCUT2D eigenvalue weighted by Crippen LogP contribution is -2.31. The minimum absolute atomic E-state index is 0.199. The van der Waals surface area contributed by atoms with E-state index in [9.17, 15) is 18.0 Å². The highest BCUT2D eigenvalue weighted by molar-refractivity contribution is 5.96. The van der Waals surface area contributed by atoms with E-state index in [0.29, 0.717) is 34.4 Å². The van der Waals surface area contributed by atoms with E-state index in [1.165, 1.54) is 18.3 Å². The van der Waals surface area contributed by atoms with E-state index in [-0.39, 0.29) is 17.6 Å². The van der Waals surface area contributed by atoms with Crippen LogP contribution in [0.2, 0.25) is 0 Å². The third-order valence-electron chi connectivity index (χ3n) is 6.44. The van der Waals surface area contributed by atoms with Gasteiger partial charge in [0.25, 0.3) is 5.91 Å². The zero-order chi connectivity index (χ0) is 23.7. The van der Waals surface area contributed by atoms with E-state index in [2.05, 4.69) is 15.0 Å². The second-order valence-corrected chi connectivity index (χ2v) is 9.02. The smallest absolute Gasteiger partial charge is 0.382 e. The Morgan fingerprint density at radius 2 is 1.97 bits per heavy atom. The summed E-state index contributed by atoms with van der Waals surface area (Å²) in [5.41, 5.74) is 8.05. The van der Waals surface area contributed by atoms with Crippen molar-refractivity contribution in [2.45, 2.75) is 37.9 Å². The van der Waals surface area contributed by atoms with Crippen LogP contribution >= 0.6 is 0 Å². The number of amides is 1. The van der Waals surface area contributed by atoms with Gasteiger partial charge in [-0.15, -0.1) is 0 Å². The summed E-state index contributed by atoms with van der Waals surface area (Å²) in [5.74, 6) is -0.0310. The zero-order valence-corrected chi connectivity index (χ0v) is 18.2. The molecule has 1 atom stereocenters. The lowest BCUT2D eigenvalue weighted by Gasteiger charge is -2.26. The Bertz CT molecular complexity index is 1430. The van der Waals surface area contributed by atoms with Gasteiger partial charge in [0.2, 0.25) is 0 Å². The SMILES string of the molecule is CN(C(=O)c1cc2c(cn1)nc(N)c1cncn12)[C@@H]1CC(C)(C)c2cc(C(F)(F)F)ccc21. The van der Waals surface area contributed by atoms with Gasteiger partial charge < -0.3 is 10.6 Å². The standard InChI is InChI=1S/C23H21F3N6O/c1-22(2)8-18(13-5-4-12(6-14(13)22)23(24,25)26)31(3)21(33)15-7-17-16(9-29-15)30-20(27)19-10-28-11-32(17)19/h4-7,9-11,18H,8H2,1-3H3,(H2,27,30)/t18-/m1/s1. The van der Waals surface area contributed by atoms with Gasteiger partial charge in [-0.2, -0.15) is 13.2 Å². The highest BCUT2D eigenvalue weighted by atomic mass is 19.4. The number of rotatable bonds is 2. The predicted octanol–water partition coefficient (Wildman–Crippen LogP) is 4.37. The Hall–Kier alpha value is -3.69. The van der Waals surface area contributed by atoms with Gasteiger partial charge in [-0.25, -0.2) is 15.0 Å². The lowest BCUT2D eigenvalue weighted by molar-refractivity contribution is -0.137. The molecule has 4 aromatic rings. The number of aromatic nitrogens is 4. The fourth-order valence-corrected chi connectivity index (χ4v) is 4.68. The molecule has 0 radical (unpaired) electrons. The first-order valence-electron chi connectivity index (χ1n) is 10.3. The summed E-state index contributed by atoms with van der Waals surface area (Å²) in [6.45, 7) is 3.79. The summed E-state index contributed by atoms with van der Waals surface area (Å²) in [5, 5.41) is 0. The molecule has 0 spiro atoms. The predicted molar refractivity (Wildman–Crippen MR) is 117 cm³/mol. The van der Waals surface area contributed by atoms with Crippen molar-refractivity contribution < 1.29 is 18.0 Å². The fourth-order valence-electron chi connectivity index (χ4n) is 4.68. The number of nitrogens with zero attached hydrogens (tertiary/aromatic N) is 5. The topological polar surface area (TPSA) is 89.4 Å². The number of fused-ring (bicyclic) bond motifs is 4. The van der Waals surface area contributed by atoms with Crippen LogP contribution < -0.4 is 5.73 Å². The molecule has 1 aromatic carbocycles. The minimum Gasteiger partial charge on any atom is -0.382 e. The monoisotopic (exact) mass is 454 g/mol. The van der Waals surface area contributed by atoms with Crippen molar-refractivity contribution in [3.8, 4) is 0 Å². The maximum Gasteiger partial charge on any atom is 0.416 e. The third kappa shape index (κ3) is 3.28. The van der Waals surface area contributed by atoms with E-state index < -0.39 is 17.2 Å². The molecule has 3 heterocycles. The maximum absolute atomic E-state index is 13.4. The van der Waals surface area contributed by atoms with E-state index in [0.717, 1.165) is 11.6 Å². The van der Waals surface area contributed by atoms with Crippen molar-refractivity contribution in [2.75, 3.05) is 12.8 Å². The van der Waals surface area contributed by atoms with Crippen molar-refractivity contribution in [2.24, 2.45) is 0 Å². The number of carbonyl (C=O) groups excluding carboxylic acids is 1. The molecule has 10 heteroatoms. The maximum atomic E-state index is 13.4. The summed E-state index contributed by atoms with van der Waals surface area (Å²) < 4.78 is 41.5. The van der Waals surface area contributed by atoms with Crippen LogP contribution in [0.5, 0.6) is 0 Å². The number of pyridine rings is 1. The Balaban J connectivity index is 1.53. The summed E-state index contributed by atoms with van der Waals surface area (Å²) >= 11 is 0. The summed E-state index contributed by atoms with van der Waals surface area (Å²) in [6, 6.07) is 5.01. The highest BCUT2D eigenvalue weighted by Crippen LogP contribution is 2.48. The Morgan fingerprint density at radius 3 is 2.70 bits per heavy atom. The molecule has 0 unspecified atom stereocenters. The number of imidazole rings is 1. The quantitative estimate of drug-likeness (QED) is 0.486. The number of halogens is 3. The molecule has 1 aliphatic rings. The van der Waals surface area contributed by atoms with Gasteiger partial charge in [0.15, 0.2) is 0 Å². The number of hydrogen-bond donors (Lipinski definition) is 1. The van der Waals surface area contributed by atoms with E-state index in [4.69, 9.17) is 5.73 Å². The normalized spacial score (nSPS) is 17.5. The molecule has 0 bridgehead atoms. The number of alkyl halides is 3. The Kier molecular flexibility index (Phi) is 4.43. The first-order valence-corrected chi connectivity index (χ1v) is 10.3. The lowest BCUT2D eigenvalue weighted by atomic mass is 9.85. The molecule has 1 amide bonds. The molecule has 3 aromatic heterocycles. The average molecular weight is 454 g/mol. The first kappa shape index (κ1) is 21.2. The average Bonchev–Trinajstić information content (AvgIpc) is 3.35. The summed E-state index contributed by atoms with van der Waals surface area (Å²) in [6.07, 6.45) is 0.734. The van der Waals surface area contributed by atoms with E-state index in [1.807, 2.05) is 13.8 Å². The molecule has 33 heavy (non-hydrogen) atoms. The van der Waals surface area contributed by atoms with Crippen molar-refractivity contribution >= 4 is 28.3 Å². The minimum atomic E-state index is -4.42. The Labute approximate surface area is 187 Å². The van der Waals surface area contributed by atoms with Gasteiger partial charge in [0.05, 0.1) is 35.8 Å². The van der Waals surface area contributed by atoms with Crippen molar-refractivity contribution in [3.63, 3.8) is 0 Å². The molecular weight excluding hydrogens is 433 g/mol.